The van der Waals surface area contributed by atoms with Crippen LogP contribution in [0.25, 0.3) is 0 Å². The SMILES string of the molecule is CCCN(Cc1csc(C(C)C)n1)CC1CCCCN1. The van der Waals surface area contributed by atoms with Crippen molar-refractivity contribution in [1.82, 2.24) is 15.2 Å². The lowest BCUT2D eigenvalue weighted by atomic mass is 10.0. The van der Waals surface area contributed by atoms with Gasteiger partial charge >= 0.3 is 0 Å². The quantitative estimate of drug-likeness (QED) is 0.833. The Balaban J connectivity index is 1.89. The minimum absolute atomic E-state index is 0.549. The third-order valence-corrected chi connectivity index (χ3v) is 5.07. The summed E-state index contributed by atoms with van der Waals surface area (Å²) in [6.07, 6.45) is 5.27. The first kappa shape index (κ1) is 15.9. The molecule has 2 heterocycles. The predicted molar refractivity (Wildman–Crippen MR) is 87.4 cm³/mol. The highest BCUT2D eigenvalue weighted by Gasteiger charge is 2.17. The molecule has 20 heavy (non-hydrogen) atoms. The highest BCUT2D eigenvalue weighted by atomic mass is 32.1. The van der Waals surface area contributed by atoms with E-state index in [4.69, 9.17) is 4.98 Å². The van der Waals surface area contributed by atoms with Crippen LogP contribution in [-0.4, -0.2) is 35.6 Å². The first-order chi connectivity index (χ1) is 9.69. The molecule has 1 aromatic heterocycles. The Labute approximate surface area is 127 Å². The molecule has 0 saturated carbocycles. The molecule has 1 unspecified atom stereocenters. The summed E-state index contributed by atoms with van der Waals surface area (Å²) in [6.45, 7) is 11.3. The van der Waals surface area contributed by atoms with Gasteiger partial charge in [-0.2, -0.15) is 0 Å². The maximum atomic E-state index is 4.78. The molecule has 0 amide bonds. The van der Waals surface area contributed by atoms with Gasteiger partial charge in [0.15, 0.2) is 0 Å². The molecule has 0 aromatic carbocycles. The fraction of sp³-hybridized carbons (Fsp3) is 0.812. The van der Waals surface area contributed by atoms with Crippen LogP contribution in [0.4, 0.5) is 0 Å². The smallest absolute Gasteiger partial charge is 0.0954 e. The molecule has 1 aliphatic heterocycles. The van der Waals surface area contributed by atoms with Gasteiger partial charge in [-0.3, -0.25) is 4.90 Å². The molecule has 0 aliphatic carbocycles. The molecule has 1 aromatic rings. The zero-order valence-electron chi connectivity index (χ0n) is 13.2. The van der Waals surface area contributed by atoms with Crippen LogP contribution >= 0.6 is 11.3 Å². The topological polar surface area (TPSA) is 28.2 Å². The van der Waals surface area contributed by atoms with Crippen LogP contribution in [0.1, 0.15) is 63.1 Å². The van der Waals surface area contributed by atoms with Crippen LogP contribution in [0, 0.1) is 0 Å². The zero-order chi connectivity index (χ0) is 14.4. The van der Waals surface area contributed by atoms with Gasteiger partial charge in [0.2, 0.25) is 0 Å². The lowest BCUT2D eigenvalue weighted by Gasteiger charge is -2.30. The number of nitrogens with one attached hydrogen (secondary N) is 1. The van der Waals surface area contributed by atoms with Crippen LogP contribution in [0.15, 0.2) is 5.38 Å². The molecule has 1 N–H and O–H groups in total. The van der Waals surface area contributed by atoms with Crippen LogP contribution in [0.5, 0.6) is 0 Å². The number of hydrogen-bond acceptors (Lipinski definition) is 4. The van der Waals surface area contributed by atoms with Crippen molar-refractivity contribution in [2.75, 3.05) is 19.6 Å². The van der Waals surface area contributed by atoms with E-state index in [9.17, 15) is 0 Å². The Morgan fingerprint density at radius 2 is 2.30 bits per heavy atom. The van der Waals surface area contributed by atoms with Crippen molar-refractivity contribution in [1.29, 1.82) is 0 Å². The van der Waals surface area contributed by atoms with E-state index in [0.717, 1.165) is 6.54 Å². The second-order valence-corrected chi connectivity index (χ2v) is 7.10. The summed E-state index contributed by atoms with van der Waals surface area (Å²) in [5.74, 6) is 0.549. The van der Waals surface area contributed by atoms with Gasteiger partial charge in [-0.25, -0.2) is 4.98 Å². The Morgan fingerprint density at radius 1 is 1.45 bits per heavy atom. The Hall–Kier alpha value is -0.450. The van der Waals surface area contributed by atoms with E-state index >= 15 is 0 Å². The van der Waals surface area contributed by atoms with Crippen molar-refractivity contribution in [2.45, 2.75) is 65.0 Å². The van der Waals surface area contributed by atoms with Gasteiger partial charge in [0.1, 0.15) is 0 Å². The summed E-state index contributed by atoms with van der Waals surface area (Å²) in [5, 5.41) is 7.17. The van der Waals surface area contributed by atoms with E-state index in [2.05, 4.69) is 36.4 Å². The van der Waals surface area contributed by atoms with Gasteiger partial charge in [-0.05, 0) is 32.4 Å². The average Bonchev–Trinajstić information content (AvgIpc) is 2.89. The molecule has 1 saturated heterocycles. The van der Waals surface area contributed by atoms with Crippen molar-refractivity contribution in [3.63, 3.8) is 0 Å². The van der Waals surface area contributed by atoms with Gasteiger partial charge in [0, 0.05) is 30.4 Å². The number of nitrogens with zero attached hydrogens (tertiary/aromatic N) is 2. The van der Waals surface area contributed by atoms with Gasteiger partial charge in [-0.1, -0.05) is 27.2 Å². The van der Waals surface area contributed by atoms with Crippen LogP contribution in [0.3, 0.4) is 0 Å². The number of hydrogen-bond donors (Lipinski definition) is 1. The first-order valence-electron chi connectivity index (χ1n) is 8.09. The number of thiazole rings is 1. The van der Waals surface area contributed by atoms with E-state index in [0.29, 0.717) is 12.0 Å². The molecule has 114 valence electrons. The second kappa shape index (κ2) is 8.11. The largest absolute Gasteiger partial charge is 0.313 e. The fourth-order valence-electron chi connectivity index (χ4n) is 2.83. The lowest BCUT2D eigenvalue weighted by Crippen LogP contribution is -2.43. The van der Waals surface area contributed by atoms with Gasteiger partial charge < -0.3 is 5.32 Å². The fourth-order valence-corrected chi connectivity index (χ4v) is 3.66. The van der Waals surface area contributed by atoms with E-state index in [-0.39, 0.29) is 0 Å². The highest BCUT2D eigenvalue weighted by Crippen LogP contribution is 2.20. The standard InChI is InChI=1S/C16H29N3S/c1-4-9-19(10-14-7-5-6-8-17-14)11-15-12-20-16(18-15)13(2)3/h12-14,17H,4-11H2,1-3H3. The van der Waals surface area contributed by atoms with Gasteiger partial charge in [-0.15, -0.1) is 11.3 Å². The normalized spacial score (nSPS) is 19.9. The maximum absolute atomic E-state index is 4.78. The average molecular weight is 295 g/mol. The van der Waals surface area contributed by atoms with E-state index in [1.165, 1.54) is 56.0 Å². The summed E-state index contributed by atoms with van der Waals surface area (Å²) < 4.78 is 0. The van der Waals surface area contributed by atoms with Crippen LogP contribution < -0.4 is 5.32 Å². The summed E-state index contributed by atoms with van der Waals surface area (Å²) in [6, 6.07) is 0.679. The highest BCUT2D eigenvalue weighted by molar-refractivity contribution is 7.09. The monoisotopic (exact) mass is 295 g/mol. The minimum atomic E-state index is 0.549. The van der Waals surface area contributed by atoms with Crippen LogP contribution in [-0.2, 0) is 6.54 Å². The van der Waals surface area contributed by atoms with Crippen molar-refractivity contribution < 1.29 is 0 Å². The Morgan fingerprint density at radius 3 is 2.90 bits per heavy atom. The first-order valence-corrected chi connectivity index (χ1v) is 8.97. The van der Waals surface area contributed by atoms with Crippen molar-refractivity contribution in [3.8, 4) is 0 Å². The molecule has 0 spiro atoms. The molecule has 1 fully saturated rings. The zero-order valence-corrected chi connectivity index (χ0v) is 14.0. The molecule has 0 radical (unpaired) electrons. The third-order valence-electron chi connectivity index (χ3n) is 3.88. The molecular weight excluding hydrogens is 266 g/mol. The van der Waals surface area contributed by atoms with E-state index < -0.39 is 0 Å². The second-order valence-electron chi connectivity index (χ2n) is 6.21. The lowest BCUT2D eigenvalue weighted by molar-refractivity contribution is 0.215. The molecule has 4 heteroatoms. The molecule has 1 atom stereocenters. The van der Waals surface area contributed by atoms with Crippen LogP contribution in [0.2, 0.25) is 0 Å². The van der Waals surface area contributed by atoms with E-state index in [1.54, 1.807) is 0 Å². The van der Waals surface area contributed by atoms with E-state index in [1.807, 2.05) is 11.3 Å². The summed E-state index contributed by atoms with van der Waals surface area (Å²) >= 11 is 1.81. The summed E-state index contributed by atoms with van der Waals surface area (Å²) in [5.41, 5.74) is 1.25. The van der Waals surface area contributed by atoms with Gasteiger partial charge in [0.25, 0.3) is 0 Å². The third kappa shape index (κ3) is 4.83. The summed E-state index contributed by atoms with van der Waals surface area (Å²) in [7, 11) is 0. The van der Waals surface area contributed by atoms with Gasteiger partial charge in [0.05, 0.1) is 10.7 Å². The Bertz CT molecular complexity index is 383. The predicted octanol–water partition coefficient (Wildman–Crippen LogP) is 3.62. The molecule has 0 bridgehead atoms. The van der Waals surface area contributed by atoms with Crippen molar-refractivity contribution >= 4 is 11.3 Å². The number of rotatable bonds is 7. The minimum Gasteiger partial charge on any atom is -0.313 e. The molecular formula is C16H29N3S. The number of piperidine rings is 1. The maximum Gasteiger partial charge on any atom is 0.0954 e. The molecule has 1 aliphatic rings. The Kier molecular flexibility index (Phi) is 6.46. The molecule has 2 rings (SSSR count). The van der Waals surface area contributed by atoms with Crippen molar-refractivity contribution in [3.05, 3.63) is 16.1 Å². The number of aromatic nitrogens is 1. The van der Waals surface area contributed by atoms with Crippen molar-refractivity contribution in [2.24, 2.45) is 0 Å². The molecule has 3 nitrogen and oxygen atoms in total. The summed E-state index contributed by atoms with van der Waals surface area (Å²) in [4.78, 5) is 7.35.